The standard InChI is InChI=1S/C7H5ClF3NOS2/c8-5-3-12-7(14-5)15(13)2-1-4(9)6(10)11/h1-4,6H. The van der Waals surface area contributed by atoms with Crippen molar-refractivity contribution in [2.75, 3.05) is 0 Å². The minimum atomic E-state index is -3.11. The van der Waals surface area contributed by atoms with Gasteiger partial charge in [-0.2, -0.15) is 0 Å². The number of hydrogen-bond acceptors (Lipinski definition) is 3. The van der Waals surface area contributed by atoms with Crippen LogP contribution in [0.4, 0.5) is 13.2 Å². The number of rotatable bonds is 4. The van der Waals surface area contributed by atoms with Gasteiger partial charge >= 0.3 is 0 Å². The van der Waals surface area contributed by atoms with Gasteiger partial charge in [-0.3, -0.25) is 0 Å². The molecule has 0 N–H and O–H groups in total. The summed E-state index contributed by atoms with van der Waals surface area (Å²) in [6.07, 6.45) is -3.69. The van der Waals surface area contributed by atoms with Gasteiger partial charge in [0.25, 0.3) is 6.43 Å². The molecule has 0 saturated carbocycles. The average molecular weight is 276 g/mol. The molecule has 0 aliphatic rings. The van der Waals surface area contributed by atoms with Crippen LogP contribution in [0.2, 0.25) is 4.34 Å². The summed E-state index contributed by atoms with van der Waals surface area (Å²) in [7, 11) is -1.73. The number of nitrogens with zero attached hydrogens (tertiary/aromatic N) is 1. The fourth-order valence-corrected chi connectivity index (χ4v) is 2.73. The Balaban J connectivity index is 2.64. The molecule has 0 amide bonds. The van der Waals surface area contributed by atoms with Gasteiger partial charge in [0.15, 0.2) is 10.5 Å². The van der Waals surface area contributed by atoms with Crippen molar-refractivity contribution in [1.82, 2.24) is 4.98 Å². The molecule has 1 rings (SSSR count). The second-order valence-electron chi connectivity index (χ2n) is 2.34. The first-order valence-electron chi connectivity index (χ1n) is 3.63. The van der Waals surface area contributed by atoms with E-state index >= 15 is 0 Å². The molecule has 0 radical (unpaired) electrons. The summed E-state index contributed by atoms with van der Waals surface area (Å²) in [4.78, 5) is 3.66. The first kappa shape index (κ1) is 12.7. The average Bonchev–Trinajstić information content (AvgIpc) is 2.60. The van der Waals surface area contributed by atoms with Crippen molar-refractivity contribution >= 4 is 33.7 Å². The minimum absolute atomic E-state index is 0.151. The molecule has 1 aromatic heterocycles. The third-order valence-corrected chi connectivity index (χ3v) is 3.76. The van der Waals surface area contributed by atoms with Crippen molar-refractivity contribution < 1.29 is 17.4 Å². The Morgan fingerprint density at radius 1 is 1.53 bits per heavy atom. The van der Waals surface area contributed by atoms with Crippen LogP contribution in [0.1, 0.15) is 0 Å². The summed E-state index contributed by atoms with van der Waals surface area (Å²) in [6, 6.07) is 0. The van der Waals surface area contributed by atoms with Crippen molar-refractivity contribution in [2.24, 2.45) is 0 Å². The SMILES string of the molecule is O=S(C=CC(F)C(F)F)c1ncc(Cl)s1. The number of halogens is 4. The van der Waals surface area contributed by atoms with Crippen molar-refractivity contribution in [3.63, 3.8) is 0 Å². The topological polar surface area (TPSA) is 30.0 Å². The first-order chi connectivity index (χ1) is 7.00. The van der Waals surface area contributed by atoms with Gasteiger partial charge in [-0.25, -0.2) is 22.4 Å². The highest BCUT2D eigenvalue weighted by Crippen LogP contribution is 2.21. The van der Waals surface area contributed by atoms with Crippen LogP contribution in [0.25, 0.3) is 0 Å². The van der Waals surface area contributed by atoms with Crippen molar-refractivity contribution in [2.45, 2.75) is 16.9 Å². The molecule has 1 aromatic rings. The van der Waals surface area contributed by atoms with Gasteiger partial charge in [0.05, 0.1) is 6.20 Å². The minimum Gasteiger partial charge on any atom is -0.247 e. The Labute approximate surface area is 95.2 Å². The highest BCUT2D eigenvalue weighted by Gasteiger charge is 2.16. The van der Waals surface area contributed by atoms with E-state index in [-0.39, 0.29) is 4.34 Å². The van der Waals surface area contributed by atoms with Gasteiger partial charge < -0.3 is 0 Å². The largest absolute Gasteiger partial charge is 0.272 e. The summed E-state index contributed by atoms with van der Waals surface area (Å²) in [5.74, 6) is 0. The zero-order valence-corrected chi connectivity index (χ0v) is 9.46. The van der Waals surface area contributed by atoms with E-state index in [4.69, 9.17) is 11.6 Å². The van der Waals surface area contributed by atoms with Crippen LogP contribution in [0.3, 0.4) is 0 Å². The van der Waals surface area contributed by atoms with Crippen molar-refractivity contribution in [1.29, 1.82) is 0 Å². The Morgan fingerprint density at radius 2 is 2.20 bits per heavy atom. The van der Waals surface area contributed by atoms with Crippen LogP contribution >= 0.6 is 22.9 Å². The molecule has 1 heterocycles. The molecular formula is C7H5ClF3NOS2. The second kappa shape index (κ2) is 5.62. The highest BCUT2D eigenvalue weighted by molar-refractivity contribution is 7.90. The molecular weight excluding hydrogens is 271 g/mol. The Kier molecular flexibility index (Phi) is 4.75. The van der Waals surface area contributed by atoms with Gasteiger partial charge in [0, 0.05) is 5.41 Å². The van der Waals surface area contributed by atoms with E-state index < -0.39 is 23.4 Å². The molecule has 0 bridgehead atoms. The van der Waals surface area contributed by atoms with Crippen molar-refractivity contribution in [3.8, 4) is 0 Å². The number of thiazole rings is 1. The quantitative estimate of drug-likeness (QED) is 0.845. The third-order valence-electron chi connectivity index (χ3n) is 1.26. The Morgan fingerprint density at radius 3 is 2.67 bits per heavy atom. The molecule has 0 aromatic carbocycles. The molecule has 2 unspecified atom stereocenters. The summed E-state index contributed by atoms with van der Waals surface area (Å²) in [6.45, 7) is 0. The molecule has 0 aliphatic heterocycles. The molecule has 8 heteroatoms. The summed E-state index contributed by atoms with van der Waals surface area (Å²) >= 11 is 6.47. The highest BCUT2D eigenvalue weighted by atomic mass is 35.5. The molecule has 0 saturated heterocycles. The predicted octanol–water partition coefficient (Wildman–Crippen LogP) is 3.02. The maximum atomic E-state index is 12.4. The zero-order chi connectivity index (χ0) is 11.4. The van der Waals surface area contributed by atoms with E-state index in [0.29, 0.717) is 10.4 Å². The van der Waals surface area contributed by atoms with Crippen LogP contribution in [0.5, 0.6) is 0 Å². The lowest BCUT2D eigenvalue weighted by atomic mass is 10.4. The first-order valence-corrected chi connectivity index (χ1v) is 6.04. The van der Waals surface area contributed by atoms with Crippen LogP contribution in [0.15, 0.2) is 22.0 Å². The number of hydrogen-bond donors (Lipinski definition) is 0. The van der Waals surface area contributed by atoms with Crippen LogP contribution < -0.4 is 0 Å². The molecule has 2 atom stereocenters. The van der Waals surface area contributed by atoms with E-state index in [1.807, 2.05) is 0 Å². The second-order valence-corrected chi connectivity index (χ2v) is 5.51. The van der Waals surface area contributed by atoms with Crippen LogP contribution in [-0.4, -0.2) is 21.8 Å². The molecule has 2 nitrogen and oxygen atoms in total. The molecule has 84 valence electrons. The monoisotopic (exact) mass is 275 g/mol. The van der Waals surface area contributed by atoms with Gasteiger partial charge in [-0.15, -0.1) is 0 Å². The van der Waals surface area contributed by atoms with E-state index in [1.54, 1.807) is 0 Å². The zero-order valence-electron chi connectivity index (χ0n) is 7.07. The fraction of sp³-hybridized carbons (Fsp3) is 0.286. The molecule has 15 heavy (non-hydrogen) atoms. The fourth-order valence-electron chi connectivity index (χ4n) is 0.621. The van der Waals surface area contributed by atoms with E-state index in [2.05, 4.69) is 4.98 Å². The lowest BCUT2D eigenvalue weighted by molar-refractivity contribution is 0.0751. The van der Waals surface area contributed by atoms with Gasteiger partial charge in [-0.05, 0) is 6.08 Å². The smallest absolute Gasteiger partial charge is 0.247 e. The Hall–Kier alpha value is -0.400. The summed E-state index contributed by atoms with van der Waals surface area (Å²) in [5.41, 5.74) is 0. The molecule has 0 aliphatic carbocycles. The number of alkyl halides is 3. The third kappa shape index (κ3) is 3.92. The summed E-state index contributed by atoms with van der Waals surface area (Å²) < 4.78 is 47.6. The maximum Gasteiger partial charge on any atom is 0.272 e. The maximum absolute atomic E-state index is 12.4. The van der Waals surface area contributed by atoms with Crippen LogP contribution in [-0.2, 0) is 10.8 Å². The normalized spacial score (nSPS) is 16.1. The molecule has 0 spiro atoms. The van der Waals surface area contributed by atoms with Gasteiger partial charge in [0.1, 0.15) is 15.1 Å². The van der Waals surface area contributed by atoms with Gasteiger partial charge in [0.2, 0.25) is 0 Å². The Bertz CT molecular complexity index is 382. The summed E-state index contributed by atoms with van der Waals surface area (Å²) in [5, 5.41) is 0.839. The number of aromatic nitrogens is 1. The number of allylic oxidation sites excluding steroid dienone is 1. The lowest BCUT2D eigenvalue weighted by Crippen LogP contribution is -2.08. The van der Waals surface area contributed by atoms with Gasteiger partial charge in [-0.1, -0.05) is 22.9 Å². The van der Waals surface area contributed by atoms with E-state index in [1.165, 1.54) is 6.20 Å². The van der Waals surface area contributed by atoms with E-state index in [9.17, 15) is 17.4 Å². The lowest BCUT2D eigenvalue weighted by Gasteiger charge is -1.98. The van der Waals surface area contributed by atoms with Crippen molar-refractivity contribution in [3.05, 3.63) is 22.0 Å². The molecule has 0 fully saturated rings. The predicted molar refractivity (Wildman–Crippen MR) is 53.6 cm³/mol. The van der Waals surface area contributed by atoms with Crippen LogP contribution in [0, 0.1) is 0 Å². The van der Waals surface area contributed by atoms with E-state index in [0.717, 1.165) is 16.7 Å².